The predicted octanol–water partition coefficient (Wildman–Crippen LogP) is 4.97. The van der Waals surface area contributed by atoms with Crippen molar-refractivity contribution in [2.75, 3.05) is 6.61 Å². The lowest BCUT2D eigenvalue weighted by Crippen LogP contribution is -2.28. The van der Waals surface area contributed by atoms with Gasteiger partial charge in [0, 0.05) is 0 Å². The van der Waals surface area contributed by atoms with Gasteiger partial charge in [0.25, 0.3) is 0 Å². The minimum atomic E-state index is -0.355. The van der Waals surface area contributed by atoms with Gasteiger partial charge in [-0.25, -0.2) is 0 Å². The highest BCUT2D eigenvalue weighted by Gasteiger charge is 2.32. The second-order valence-electron chi connectivity index (χ2n) is 7.43. The molecule has 0 aromatic heterocycles. The monoisotopic (exact) mass is 290 g/mol. The molecule has 1 N–H and O–H groups in total. The summed E-state index contributed by atoms with van der Waals surface area (Å²) in [7, 11) is 0. The highest BCUT2D eigenvalue weighted by atomic mass is 16.5. The lowest BCUT2D eigenvalue weighted by atomic mass is 9.68. The molecule has 0 amide bonds. The Morgan fingerprint density at radius 1 is 1.19 bits per heavy atom. The molecule has 1 aromatic carbocycles. The van der Waals surface area contributed by atoms with Crippen molar-refractivity contribution in [1.82, 2.24) is 0 Å². The highest BCUT2D eigenvalue weighted by molar-refractivity contribution is 5.30. The molecule has 2 rings (SSSR count). The molecule has 0 saturated heterocycles. The Morgan fingerprint density at radius 3 is 2.43 bits per heavy atom. The molecular formula is C19H30O2. The molecule has 0 bridgehead atoms. The van der Waals surface area contributed by atoms with E-state index in [1.165, 1.54) is 12.8 Å². The zero-order valence-electron chi connectivity index (χ0n) is 13.9. The predicted molar refractivity (Wildman–Crippen MR) is 87.5 cm³/mol. The van der Waals surface area contributed by atoms with E-state index in [1.807, 2.05) is 31.2 Å². The fourth-order valence-electron chi connectivity index (χ4n) is 3.53. The normalized spacial score (nSPS) is 24.6. The van der Waals surface area contributed by atoms with Crippen LogP contribution in [0.5, 0.6) is 5.75 Å². The molecule has 118 valence electrons. The molecular weight excluding hydrogens is 260 g/mol. The second kappa shape index (κ2) is 6.83. The van der Waals surface area contributed by atoms with E-state index >= 15 is 0 Å². The topological polar surface area (TPSA) is 29.5 Å². The van der Waals surface area contributed by atoms with E-state index in [0.29, 0.717) is 17.9 Å². The fourth-order valence-corrected chi connectivity index (χ4v) is 3.53. The van der Waals surface area contributed by atoms with Crippen molar-refractivity contribution < 1.29 is 9.84 Å². The van der Waals surface area contributed by atoms with Gasteiger partial charge in [0.05, 0.1) is 12.7 Å². The van der Waals surface area contributed by atoms with Crippen molar-refractivity contribution in [2.24, 2.45) is 17.3 Å². The molecule has 1 fully saturated rings. The van der Waals surface area contributed by atoms with Crippen molar-refractivity contribution in [3.63, 3.8) is 0 Å². The first-order valence-corrected chi connectivity index (χ1v) is 8.32. The zero-order chi connectivity index (χ0) is 15.5. The van der Waals surface area contributed by atoms with Gasteiger partial charge in [0.2, 0.25) is 0 Å². The fraction of sp³-hybridized carbons (Fsp3) is 0.684. The van der Waals surface area contributed by atoms with Crippen molar-refractivity contribution in [3.05, 3.63) is 29.8 Å². The van der Waals surface area contributed by atoms with Crippen molar-refractivity contribution in [2.45, 2.75) is 59.5 Å². The molecule has 0 heterocycles. The summed E-state index contributed by atoms with van der Waals surface area (Å²) in [6.45, 7) is 9.65. The summed E-state index contributed by atoms with van der Waals surface area (Å²) in [5.41, 5.74) is 1.39. The molecule has 1 aliphatic rings. The minimum absolute atomic E-state index is 0.355. The van der Waals surface area contributed by atoms with E-state index in [1.54, 1.807) is 0 Å². The molecule has 2 nitrogen and oxygen atoms in total. The van der Waals surface area contributed by atoms with Crippen LogP contribution in [0.4, 0.5) is 0 Å². The Bertz CT molecular complexity index is 439. The number of benzene rings is 1. The molecule has 2 heteroatoms. The summed E-state index contributed by atoms with van der Waals surface area (Å²) in [6, 6.07) is 7.94. The Morgan fingerprint density at radius 2 is 1.86 bits per heavy atom. The van der Waals surface area contributed by atoms with Gasteiger partial charge in [0.1, 0.15) is 5.75 Å². The molecule has 1 aromatic rings. The number of aliphatic hydroxyl groups is 1. The van der Waals surface area contributed by atoms with Crippen molar-refractivity contribution in [1.29, 1.82) is 0 Å². The van der Waals surface area contributed by atoms with Crippen LogP contribution >= 0.6 is 0 Å². The molecule has 0 radical (unpaired) electrons. The zero-order valence-corrected chi connectivity index (χ0v) is 13.9. The molecule has 1 aliphatic carbocycles. The maximum atomic E-state index is 10.7. The molecule has 1 saturated carbocycles. The van der Waals surface area contributed by atoms with Crippen LogP contribution in [-0.4, -0.2) is 11.7 Å². The van der Waals surface area contributed by atoms with Gasteiger partial charge in [-0.15, -0.1) is 0 Å². The highest BCUT2D eigenvalue weighted by Crippen LogP contribution is 2.43. The second-order valence-corrected chi connectivity index (χ2v) is 7.43. The van der Waals surface area contributed by atoms with Crippen LogP contribution in [0.15, 0.2) is 24.3 Å². The summed E-state index contributed by atoms with van der Waals surface area (Å²) >= 11 is 0. The van der Waals surface area contributed by atoms with Crippen LogP contribution in [0.2, 0.25) is 0 Å². The summed E-state index contributed by atoms with van der Waals surface area (Å²) in [5.74, 6) is 2.04. The quantitative estimate of drug-likeness (QED) is 0.848. The van der Waals surface area contributed by atoms with Gasteiger partial charge >= 0.3 is 0 Å². The smallest absolute Gasteiger partial charge is 0.119 e. The van der Waals surface area contributed by atoms with Gasteiger partial charge in [-0.05, 0) is 67.6 Å². The average molecular weight is 290 g/mol. The SMILES string of the molecule is CCOc1cccc(C(O)C2CCC(C(C)(C)C)CC2)c1. The first kappa shape index (κ1) is 16.4. The average Bonchev–Trinajstić information content (AvgIpc) is 2.46. The maximum Gasteiger partial charge on any atom is 0.119 e. The van der Waals surface area contributed by atoms with Crippen molar-refractivity contribution >= 4 is 0 Å². The third-order valence-electron chi connectivity index (χ3n) is 4.95. The van der Waals surface area contributed by atoms with Crippen LogP contribution in [-0.2, 0) is 0 Å². The maximum absolute atomic E-state index is 10.7. The third-order valence-corrected chi connectivity index (χ3v) is 4.95. The standard InChI is InChI=1S/C19H30O2/c1-5-21-17-8-6-7-15(13-17)18(20)14-9-11-16(12-10-14)19(2,3)4/h6-8,13-14,16,18,20H,5,9-12H2,1-4H3. The summed E-state index contributed by atoms with van der Waals surface area (Å²) in [6.07, 6.45) is 4.36. The number of ether oxygens (including phenoxy) is 1. The Balaban J connectivity index is 1.98. The minimum Gasteiger partial charge on any atom is -0.494 e. The molecule has 1 unspecified atom stereocenters. The van der Waals surface area contributed by atoms with Gasteiger partial charge in [-0.1, -0.05) is 32.9 Å². The van der Waals surface area contributed by atoms with Crippen LogP contribution in [0, 0.1) is 17.3 Å². The molecule has 21 heavy (non-hydrogen) atoms. The van der Waals surface area contributed by atoms with E-state index in [9.17, 15) is 5.11 Å². The van der Waals surface area contributed by atoms with E-state index in [0.717, 1.165) is 30.1 Å². The first-order chi connectivity index (χ1) is 9.91. The van der Waals surface area contributed by atoms with Crippen LogP contribution in [0.3, 0.4) is 0 Å². The Hall–Kier alpha value is -1.02. The number of hydrogen-bond donors (Lipinski definition) is 1. The third kappa shape index (κ3) is 4.23. The summed E-state index contributed by atoms with van der Waals surface area (Å²) in [4.78, 5) is 0. The van der Waals surface area contributed by atoms with Gasteiger partial charge < -0.3 is 9.84 Å². The molecule has 0 spiro atoms. The van der Waals surface area contributed by atoms with Crippen LogP contribution in [0.25, 0.3) is 0 Å². The molecule has 0 aliphatic heterocycles. The van der Waals surface area contributed by atoms with Crippen molar-refractivity contribution in [3.8, 4) is 5.75 Å². The van der Waals surface area contributed by atoms with E-state index in [4.69, 9.17) is 4.74 Å². The first-order valence-electron chi connectivity index (χ1n) is 8.32. The van der Waals surface area contributed by atoms with E-state index in [-0.39, 0.29) is 6.10 Å². The van der Waals surface area contributed by atoms with Crippen LogP contribution in [0.1, 0.15) is 65.0 Å². The number of aliphatic hydroxyl groups excluding tert-OH is 1. The summed E-state index contributed by atoms with van der Waals surface area (Å²) in [5, 5.41) is 10.7. The number of hydrogen-bond acceptors (Lipinski definition) is 2. The Labute approximate surface area is 129 Å². The number of rotatable bonds is 4. The molecule has 1 atom stereocenters. The largest absolute Gasteiger partial charge is 0.494 e. The van der Waals surface area contributed by atoms with E-state index < -0.39 is 0 Å². The lowest BCUT2D eigenvalue weighted by Gasteiger charge is -2.38. The van der Waals surface area contributed by atoms with Gasteiger partial charge in [-0.2, -0.15) is 0 Å². The summed E-state index contributed by atoms with van der Waals surface area (Å²) < 4.78 is 5.53. The lowest BCUT2D eigenvalue weighted by molar-refractivity contribution is 0.0527. The van der Waals surface area contributed by atoms with E-state index in [2.05, 4.69) is 20.8 Å². The Kier molecular flexibility index (Phi) is 5.32. The van der Waals surface area contributed by atoms with Crippen LogP contribution < -0.4 is 4.74 Å². The van der Waals surface area contributed by atoms with Gasteiger partial charge in [0.15, 0.2) is 0 Å². The van der Waals surface area contributed by atoms with Gasteiger partial charge in [-0.3, -0.25) is 0 Å².